The first-order valence-corrected chi connectivity index (χ1v) is 13.4. The largest absolute Gasteiger partial charge is 0.460 e. The Kier molecular flexibility index (Phi) is 6.91. The molecule has 1 aliphatic heterocycles. The van der Waals surface area contributed by atoms with Crippen LogP contribution >= 0.6 is 11.3 Å². The number of nitrogens with one attached hydrogen (secondary N) is 2. The molecule has 0 unspecified atom stereocenters. The highest BCUT2D eigenvalue weighted by Crippen LogP contribution is 2.32. The first-order valence-electron chi connectivity index (χ1n) is 12.6. The number of nitrogens with zero attached hydrogens (tertiary/aromatic N) is 5. The average molecular weight is 526 g/mol. The minimum absolute atomic E-state index is 0.337. The van der Waals surface area contributed by atoms with Crippen molar-refractivity contribution in [3.05, 3.63) is 71.8 Å². The second-order valence-corrected chi connectivity index (χ2v) is 10.2. The number of esters is 1. The third kappa shape index (κ3) is 5.19. The number of benzene rings is 1. The van der Waals surface area contributed by atoms with Gasteiger partial charge in [-0.25, -0.2) is 14.8 Å². The molecular weight excluding hydrogens is 498 g/mol. The SMILES string of the molecule is Cc1cccc(-c2[nH]cnc2-c2ccc3ncc(-c4ncc(C(=O)OCCN5CCNCC5)s4)cc3c2)n1. The van der Waals surface area contributed by atoms with Crippen molar-refractivity contribution in [2.45, 2.75) is 6.92 Å². The number of piperazine rings is 1. The summed E-state index contributed by atoms with van der Waals surface area (Å²) in [6.07, 6.45) is 5.06. The maximum atomic E-state index is 12.6. The van der Waals surface area contributed by atoms with Crippen LogP contribution in [0.15, 0.2) is 61.2 Å². The minimum atomic E-state index is -0.337. The van der Waals surface area contributed by atoms with Crippen LogP contribution in [-0.4, -0.2) is 75.1 Å². The zero-order valence-electron chi connectivity index (χ0n) is 21.0. The van der Waals surface area contributed by atoms with Crippen molar-refractivity contribution < 1.29 is 9.53 Å². The summed E-state index contributed by atoms with van der Waals surface area (Å²) in [5.74, 6) is -0.337. The van der Waals surface area contributed by atoms with Crippen LogP contribution in [0.1, 0.15) is 15.4 Å². The van der Waals surface area contributed by atoms with E-state index in [0.717, 1.165) is 82.5 Å². The van der Waals surface area contributed by atoms with Crippen molar-refractivity contribution in [1.82, 2.24) is 35.1 Å². The zero-order valence-corrected chi connectivity index (χ0v) is 21.8. The summed E-state index contributed by atoms with van der Waals surface area (Å²) in [6, 6.07) is 14.0. The first-order chi connectivity index (χ1) is 18.6. The van der Waals surface area contributed by atoms with E-state index in [-0.39, 0.29) is 5.97 Å². The number of rotatable bonds is 7. The molecule has 0 aliphatic carbocycles. The summed E-state index contributed by atoms with van der Waals surface area (Å²) in [7, 11) is 0. The molecule has 1 aliphatic rings. The Balaban J connectivity index is 1.20. The molecule has 1 saturated heterocycles. The van der Waals surface area contributed by atoms with Crippen molar-refractivity contribution in [1.29, 1.82) is 0 Å². The minimum Gasteiger partial charge on any atom is -0.460 e. The number of aryl methyl sites for hydroxylation is 1. The summed E-state index contributed by atoms with van der Waals surface area (Å²) >= 11 is 1.32. The third-order valence-electron chi connectivity index (χ3n) is 6.54. The smallest absolute Gasteiger partial charge is 0.350 e. The maximum absolute atomic E-state index is 12.6. The van der Waals surface area contributed by atoms with Gasteiger partial charge in [0.1, 0.15) is 16.5 Å². The second kappa shape index (κ2) is 10.8. The summed E-state index contributed by atoms with van der Waals surface area (Å²) in [6.45, 7) is 6.99. The zero-order chi connectivity index (χ0) is 25.9. The molecule has 192 valence electrons. The molecule has 0 spiro atoms. The number of pyridine rings is 2. The molecule has 2 N–H and O–H groups in total. The molecular formula is C28H27N7O2S. The van der Waals surface area contributed by atoms with Gasteiger partial charge in [0.05, 0.1) is 35.1 Å². The number of carbonyl (C=O) groups is 1. The van der Waals surface area contributed by atoms with Gasteiger partial charge < -0.3 is 15.0 Å². The highest BCUT2D eigenvalue weighted by molar-refractivity contribution is 7.16. The van der Waals surface area contributed by atoms with Gasteiger partial charge in [-0.05, 0) is 37.3 Å². The molecule has 0 atom stereocenters. The van der Waals surface area contributed by atoms with Crippen LogP contribution < -0.4 is 5.32 Å². The summed E-state index contributed by atoms with van der Waals surface area (Å²) in [4.78, 5) is 36.9. The second-order valence-electron chi connectivity index (χ2n) is 9.18. The van der Waals surface area contributed by atoms with Gasteiger partial charge in [-0.2, -0.15) is 0 Å². The third-order valence-corrected chi connectivity index (χ3v) is 7.57. The fraction of sp³-hybridized carbons (Fsp3) is 0.250. The van der Waals surface area contributed by atoms with E-state index in [4.69, 9.17) is 4.74 Å². The predicted molar refractivity (Wildman–Crippen MR) is 148 cm³/mol. The van der Waals surface area contributed by atoms with Crippen molar-refractivity contribution in [3.63, 3.8) is 0 Å². The standard InChI is InChI=1S/C28H27N7O2S/c1-18-3-2-4-23(34-18)26-25(32-17-33-26)19-5-6-22-20(13-19)14-21(15-30-22)27-31-16-24(38-27)28(36)37-12-11-35-9-7-29-8-10-35/h2-6,13-17,29H,7-12H2,1H3,(H,32,33). The van der Waals surface area contributed by atoms with E-state index < -0.39 is 0 Å². The summed E-state index contributed by atoms with van der Waals surface area (Å²) in [5.41, 5.74) is 6.17. The molecule has 38 heavy (non-hydrogen) atoms. The van der Waals surface area contributed by atoms with E-state index in [9.17, 15) is 4.79 Å². The van der Waals surface area contributed by atoms with Gasteiger partial charge in [-0.1, -0.05) is 12.1 Å². The van der Waals surface area contributed by atoms with E-state index >= 15 is 0 Å². The quantitative estimate of drug-likeness (QED) is 0.305. The molecule has 0 bridgehead atoms. The van der Waals surface area contributed by atoms with Crippen molar-refractivity contribution in [2.75, 3.05) is 39.3 Å². The molecule has 5 heterocycles. The topological polar surface area (TPSA) is 109 Å². The number of fused-ring (bicyclic) bond motifs is 1. The number of aromatic nitrogens is 5. The van der Waals surface area contributed by atoms with Crippen molar-refractivity contribution in [3.8, 4) is 33.2 Å². The van der Waals surface area contributed by atoms with E-state index in [1.165, 1.54) is 11.3 Å². The lowest BCUT2D eigenvalue weighted by molar-refractivity contribution is 0.0461. The number of carbonyl (C=O) groups excluding carboxylic acids is 1. The Hall–Kier alpha value is -3.99. The van der Waals surface area contributed by atoms with Crippen LogP contribution in [0.4, 0.5) is 0 Å². The van der Waals surface area contributed by atoms with Gasteiger partial charge in [0.2, 0.25) is 0 Å². The number of imidazole rings is 1. The van der Waals surface area contributed by atoms with Crippen LogP contribution in [-0.2, 0) is 4.74 Å². The molecule has 1 fully saturated rings. The molecule has 0 radical (unpaired) electrons. The van der Waals surface area contributed by atoms with E-state index in [2.05, 4.69) is 41.2 Å². The van der Waals surface area contributed by atoms with Crippen LogP contribution in [0.5, 0.6) is 0 Å². The first kappa shape index (κ1) is 24.4. The lowest BCUT2D eigenvalue weighted by Crippen LogP contribution is -2.44. The normalized spacial score (nSPS) is 14.1. The van der Waals surface area contributed by atoms with Crippen molar-refractivity contribution in [2.24, 2.45) is 0 Å². The Morgan fingerprint density at radius 3 is 2.79 bits per heavy atom. The lowest BCUT2D eigenvalue weighted by Gasteiger charge is -2.26. The van der Waals surface area contributed by atoms with Crippen LogP contribution in [0.3, 0.4) is 0 Å². The van der Waals surface area contributed by atoms with Gasteiger partial charge in [0, 0.05) is 61.1 Å². The van der Waals surface area contributed by atoms with Gasteiger partial charge in [0.25, 0.3) is 0 Å². The molecule has 4 aromatic heterocycles. The molecule has 0 amide bonds. The van der Waals surface area contributed by atoms with Crippen LogP contribution in [0.2, 0.25) is 0 Å². The molecule has 6 rings (SSSR count). The Labute approximate surface area is 224 Å². The summed E-state index contributed by atoms with van der Waals surface area (Å²) < 4.78 is 5.50. The molecule has 1 aromatic carbocycles. The molecule has 0 saturated carbocycles. The van der Waals surface area contributed by atoms with E-state index in [1.54, 1.807) is 18.7 Å². The van der Waals surface area contributed by atoms with E-state index in [0.29, 0.717) is 11.5 Å². The Bertz CT molecular complexity index is 1590. The highest BCUT2D eigenvalue weighted by atomic mass is 32.1. The van der Waals surface area contributed by atoms with Gasteiger partial charge in [0.15, 0.2) is 0 Å². The fourth-order valence-corrected chi connectivity index (χ4v) is 5.35. The molecule has 9 nitrogen and oxygen atoms in total. The monoisotopic (exact) mass is 525 g/mol. The molecule has 10 heteroatoms. The summed E-state index contributed by atoms with van der Waals surface area (Å²) in [5, 5.41) is 5.01. The van der Waals surface area contributed by atoms with Gasteiger partial charge in [-0.15, -0.1) is 11.3 Å². The number of aromatic amines is 1. The van der Waals surface area contributed by atoms with Crippen molar-refractivity contribution >= 4 is 28.2 Å². The maximum Gasteiger partial charge on any atom is 0.350 e. The number of ether oxygens (including phenoxy) is 1. The molecule has 5 aromatic rings. The van der Waals surface area contributed by atoms with Gasteiger partial charge >= 0.3 is 5.97 Å². The number of hydrogen-bond acceptors (Lipinski definition) is 9. The average Bonchev–Trinajstić information content (AvgIpc) is 3.64. The Morgan fingerprint density at radius 1 is 1.05 bits per heavy atom. The van der Waals surface area contributed by atoms with Gasteiger partial charge in [-0.3, -0.25) is 14.9 Å². The predicted octanol–water partition coefficient (Wildman–Crippen LogP) is 4.18. The number of H-pyrrole nitrogens is 1. The fourth-order valence-electron chi connectivity index (χ4n) is 4.56. The number of thiazole rings is 1. The van der Waals surface area contributed by atoms with E-state index in [1.807, 2.05) is 43.3 Å². The lowest BCUT2D eigenvalue weighted by atomic mass is 10.0. The highest BCUT2D eigenvalue weighted by Gasteiger charge is 2.16. The number of hydrogen-bond donors (Lipinski definition) is 2. The van der Waals surface area contributed by atoms with Crippen LogP contribution in [0, 0.1) is 6.92 Å². The van der Waals surface area contributed by atoms with Crippen LogP contribution in [0.25, 0.3) is 44.1 Å². The Morgan fingerprint density at radius 2 is 1.92 bits per heavy atom.